The number of hydrogen-bond acceptors (Lipinski definition) is 6. The highest BCUT2D eigenvalue weighted by atomic mass is 32.1. The van der Waals surface area contributed by atoms with Crippen LogP contribution < -0.4 is 10.6 Å². The van der Waals surface area contributed by atoms with Gasteiger partial charge in [-0.25, -0.2) is 4.98 Å². The fourth-order valence-electron chi connectivity index (χ4n) is 2.16. The molecule has 0 atom stereocenters. The van der Waals surface area contributed by atoms with E-state index in [2.05, 4.69) is 15.6 Å². The molecular formula is C16H13N3O3S2. The van der Waals surface area contributed by atoms with Crippen molar-refractivity contribution in [2.45, 2.75) is 12.8 Å². The highest BCUT2D eigenvalue weighted by molar-refractivity contribution is 7.21. The maximum Gasteiger partial charge on any atom is 0.292 e. The van der Waals surface area contributed by atoms with Crippen molar-refractivity contribution in [3.8, 4) is 10.6 Å². The van der Waals surface area contributed by atoms with Crippen LogP contribution in [0.2, 0.25) is 0 Å². The number of anilines is 2. The van der Waals surface area contributed by atoms with Gasteiger partial charge in [0.05, 0.1) is 11.1 Å². The number of carbonyl (C=O) groups is 2. The van der Waals surface area contributed by atoms with Crippen molar-refractivity contribution in [3.63, 3.8) is 0 Å². The van der Waals surface area contributed by atoms with E-state index in [-0.39, 0.29) is 23.5 Å². The first kappa shape index (κ1) is 15.1. The van der Waals surface area contributed by atoms with Crippen LogP contribution in [0.4, 0.5) is 10.1 Å². The van der Waals surface area contributed by atoms with Gasteiger partial charge in [0.15, 0.2) is 10.9 Å². The van der Waals surface area contributed by atoms with Crippen LogP contribution in [0.15, 0.2) is 40.3 Å². The minimum Gasteiger partial charge on any atom is -0.459 e. The number of hydrogen-bond donors (Lipinski definition) is 2. The Labute approximate surface area is 145 Å². The van der Waals surface area contributed by atoms with Gasteiger partial charge in [0.25, 0.3) is 5.91 Å². The summed E-state index contributed by atoms with van der Waals surface area (Å²) in [6.45, 7) is 0. The Kier molecular flexibility index (Phi) is 3.91. The van der Waals surface area contributed by atoms with Gasteiger partial charge in [-0.2, -0.15) is 0 Å². The standard InChI is InChI=1S/C16H13N3O3S2/c20-13(9-5-6-9)19-16-17-12(11-4-2-8-23-11)15(24-16)18-14(21)10-3-1-7-22-10/h1-4,7-9H,5-6H2,(H,18,21)(H,17,19,20). The topological polar surface area (TPSA) is 84.2 Å². The summed E-state index contributed by atoms with van der Waals surface area (Å²) in [6.07, 6.45) is 3.30. The molecule has 0 saturated heterocycles. The molecule has 3 heterocycles. The second kappa shape index (κ2) is 6.21. The number of nitrogens with one attached hydrogen (secondary N) is 2. The molecule has 4 rings (SSSR count). The average molecular weight is 359 g/mol. The fraction of sp³-hybridized carbons (Fsp3) is 0.188. The molecule has 2 amide bonds. The first-order chi connectivity index (χ1) is 11.7. The van der Waals surface area contributed by atoms with Gasteiger partial charge in [-0.3, -0.25) is 9.59 Å². The molecule has 6 nitrogen and oxygen atoms in total. The van der Waals surface area contributed by atoms with Crippen molar-refractivity contribution in [1.82, 2.24) is 4.98 Å². The molecule has 1 fully saturated rings. The SMILES string of the molecule is O=C(Nc1sc(NC(=O)C2CC2)nc1-c1cccs1)c1ccco1. The third kappa shape index (κ3) is 3.10. The zero-order valence-electron chi connectivity index (χ0n) is 12.4. The van der Waals surface area contributed by atoms with E-state index < -0.39 is 0 Å². The summed E-state index contributed by atoms with van der Waals surface area (Å²) >= 11 is 2.77. The number of furan rings is 1. The van der Waals surface area contributed by atoms with Crippen molar-refractivity contribution in [2.75, 3.05) is 10.6 Å². The van der Waals surface area contributed by atoms with E-state index in [0.29, 0.717) is 15.8 Å². The van der Waals surface area contributed by atoms with Crippen molar-refractivity contribution in [1.29, 1.82) is 0 Å². The van der Waals surface area contributed by atoms with Gasteiger partial charge < -0.3 is 15.1 Å². The molecule has 0 unspecified atom stereocenters. The fourth-order valence-corrected chi connectivity index (χ4v) is 3.83. The summed E-state index contributed by atoms with van der Waals surface area (Å²) in [4.78, 5) is 29.6. The maximum atomic E-state index is 12.2. The number of thiophene rings is 1. The third-order valence-corrected chi connectivity index (χ3v) is 5.29. The quantitative estimate of drug-likeness (QED) is 0.719. The van der Waals surface area contributed by atoms with Gasteiger partial charge in [0, 0.05) is 5.92 Å². The summed E-state index contributed by atoms with van der Waals surface area (Å²) in [5.74, 6) is -0.0312. The lowest BCUT2D eigenvalue weighted by Crippen LogP contribution is -2.12. The summed E-state index contributed by atoms with van der Waals surface area (Å²) < 4.78 is 5.11. The van der Waals surface area contributed by atoms with E-state index in [9.17, 15) is 9.59 Å². The second-order valence-corrected chi connectivity index (χ2v) is 7.32. The van der Waals surface area contributed by atoms with Gasteiger partial charge in [-0.1, -0.05) is 17.4 Å². The molecule has 3 aromatic heterocycles. The predicted molar refractivity (Wildman–Crippen MR) is 93.4 cm³/mol. The van der Waals surface area contributed by atoms with Crippen LogP contribution in [-0.4, -0.2) is 16.8 Å². The number of carbonyl (C=O) groups excluding carboxylic acids is 2. The number of nitrogens with zero attached hydrogens (tertiary/aromatic N) is 1. The third-order valence-electron chi connectivity index (χ3n) is 3.53. The average Bonchev–Trinajstić information content (AvgIpc) is 2.98. The lowest BCUT2D eigenvalue weighted by molar-refractivity contribution is -0.117. The Morgan fingerprint density at radius 1 is 1.21 bits per heavy atom. The summed E-state index contributed by atoms with van der Waals surface area (Å²) in [5, 5.41) is 8.67. The van der Waals surface area contributed by atoms with Crippen LogP contribution >= 0.6 is 22.7 Å². The largest absolute Gasteiger partial charge is 0.459 e. The van der Waals surface area contributed by atoms with Crippen molar-refractivity contribution in [2.24, 2.45) is 5.92 Å². The Morgan fingerprint density at radius 2 is 2.08 bits per heavy atom. The van der Waals surface area contributed by atoms with Crippen molar-refractivity contribution in [3.05, 3.63) is 41.7 Å². The molecule has 0 spiro atoms. The minimum atomic E-state index is -0.346. The van der Waals surface area contributed by atoms with E-state index in [1.807, 2.05) is 17.5 Å². The molecule has 3 aromatic rings. The van der Waals surface area contributed by atoms with Gasteiger partial charge in [0.1, 0.15) is 10.7 Å². The first-order valence-electron chi connectivity index (χ1n) is 7.41. The van der Waals surface area contributed by atoms with Crippen LogP contribution in [0.25, 0.3) is 10.6 Å². The molecule has 24 heavy (non-hydrogen) atoms. The molecule has 1 aliphatic rings. The Hall–Kier alpha value is -2.45. The number of thiazole rings is 1. The lowest BCUT2D eigenvalue weighted by Gasteiger charge is -2.01. The maximum absolute atomic E-state index is 12.2. The second-order valence-electron chi connectivity index (χ2n) is 5.37. The van der Waals surface area contributed by atoms with Crippen molar-refractivity contribution >= 4 is 44.6 Å². The van der Waals surface area contributed by atoms with Gasteiger partial charge in [-0.05, 0) is 36.4 Å². The van der Waals surface area contributed by atoms with Gasteiger partial charge in [-0.15, -0.1) is 11.3 Å². The normalized spacial score (nSPS) is 13.7. The molecule has 2 N–H and O–H groups in total. The van der Waals surface area contributed by atoms with E-state index in [0.717, 1.165) is 17.7 Å². The molecular weight excluding hydrogens is 346 g/mol. The number of amides is 2. The number of aromatic nitrogens is 1. The zero-order chi connectivity index (χ0) is 16.5. The first-order valence-corrected chi connectivity index (χ1v) is 9.11. The molecule has 0 bridgehead atoms. The highest BCUT2D eigenvalue weighted by Gasteiger charge is 2.30. The monoisotopic (exact) mass is 359 g/mol. The summed E-state index contributed by atoms with van der Waals surface area (Å²) in [5.41, 5.74) is 0.654. The number of rotatable bonds is 5. The lowest BCUT2D eigenvalue weighted by atomic mass is 10.3. The molecule has 8 heteroatoms. The highest BCUT2D eigenvalue weighted by Crippen LogP contribution is 2.39. The van der Waals surface area contributed by atoms with E-state index >= 15 is 0 Å². The summed E-state index contributed by atoms with van der Waals surface area (Å²) in [7, 11) is 0. The Balaban J connectivity index is 1.61. The zero-order valence-corrected chi connectivity index (χ0v) is 14.1. The molecule has 122 valence electrons. The molecule has 1 saturated carbocycles. The van der Waals surface area contributed by atoms with Crippen molar-refractivity contribution < 1.29 is 14.0 Å². The van der Waals surface area contributed by atoms with Crippen LogP contribution in [0, 0.1) is 5.92 Å². The Morgan fingerprint density at radius 3 is 2.75 bits per heavy atom. The van der Waals surface area contributed by atoms with Crippen LogP contribution in [-0.2, 0) is 4.79 Å². The van der Waals surface area contributed by atoms with Crippen LogP contribution in [0.5, 0.6) is 0 Å². The molecule has 0 aliphatic heterocycles. The molecule has 0 radical (unpaired) electrons. The van der Waals surface area contributed by atoms with Crippen LogP contribution in [0.1, 0.15) is 23.4 Å². The van der Waals surface area contributed by atoms with Gasteiger partial charge in [0.2, 0.25) is 5.91 Å². The Bertz CT molecular complexity index is 865. The van der Waals surface area contributed by atoms with Gasteiger partial charge >= 0.3 is 0 Å². The molecule has 1 aliphatic carbocycles. The predicted octanol–water partition coefficient (Wildman–Crippen LogP) is 4.07. The van der Waals surface area contributed by atoms with Crippen LogP contribution in [0.3, 0.4) is 0 Å². The van der Waals surface area contributed by atoms with E-state index in [1.54, 1.807) is 12.1 Å². The van der Waals surface area contributed by atoms with E-state index in [1.165, 1.54) is 28.9 Å². The van der Waals surface area contributed by atoms with E-state index in [4.69, 9.17) is 4.42 Å². The summed E-state index contributed by atoms with van der Waals surface area (Å²) in [6, 6.07) is 7.09. The minimum absolute atomic E-state index is 0.00890. The molecule has 0 aromatic carbocycles. The smallest absolute Gasteiger partial charge is 0.292 e.